The maximum Gasteiger partial charge on any atom is 0.154 e. The number of sulfone groups is 1. The summed E-state index contributed by atoms with van der Waals surface area (Å²) >= 11 is 9.35. The fraction of sp³-hybridized carbons (Fsp3) is 0.462. The standard InChI is InChI=1S/C13H16BrClN2O2S/c1-13(2,20(3,18)19)8-17-11-5-4-9(14)6-10(11)16-12(17)7-15/h4-6H,7-8H2,1-3H3. The highest BCUT2D eigenvalue weighted by molar-refractivity contribution is 9.10. The van der Waals surface area contributed by atoms with Crippen molar-refractivity contribution < 1.29 is 8.42 Å². The van der Waals surface area contributed by atoms with Crippen molar-refractivity contribution in [3.05, 3.63) is 28.5 Å². The Labute approximate surface area is 132 Å². The number of alkyl halides is 1. The average molecular weight is 380 g/mol. The van der Waals surface area contributed by atoms with Gasteiger partial charge in [-0.1, -0.05) is 15.9 Å². The van der Waals surface area contributed by atoms with Crippen LogP contribution in [0.25, 0.3) is 11.0 Å². The number of benzene rings is 1. The molecular formula is C13H16BrClN2O2S. The molecule has 0 bridgehead atoms. The molecule has 0 saturated carbocycles. The summed E-state index contributed by atoms with van der Waals surface area (Å²) in [5.74, 6) is 0.920. The van der Waals surface area contributed by atoms with Crippen LogP contribution in [0.2, 0.25) is 0 Å². The summed E-state index contributed by atoms with van der Waals surface area (Å²) in [7, 11) is -3.18. The zero-order valence-corrected chi connectivity index (χ0v) is 14.7. The topological polar surface area (TPSA) is 52.0 Å². The normalized spacial score (nSPS) is 13.1. The van der Waals surface area contributed by atoms with Crippen molar-refractivity contribution in [2.24, 2.45) is 0 Å². The molecule has 0 aliphatic carbocycles. The first kappa shape index (κ1) is 15.8. The van der Waals surface area contributed by atoms with E-state index in [0.29, 0.717) is 12.4 Å². The smallest absolute Gasteiger partial charge is 0.154 e. The molecule has 4 nitrogen and oxygen atoms in total. The molecule has 7 heteroatoms. The van der Waals surface area contributed by atoms with Gasteiger partial charge in [-0.3, -0.25) is 0 Å². The van der Waals surface area contributed by atoms with Crippen molar-refractivity contribution >= 4 is 48.4 Å². The van der Waals surface area contributed by atoms with Gasteiger partial charge in [0.25, 0.3) is 0 Å². The molecule has 2 aromatic rings. The molecule has 0 N–H and O–H groups in total. The monoisotopic (exact) mass is 378 g/mol. The summed E-state index contributed by atoms with van der Waals surface area (Å²) < 4.78 is 25.7. The molecule has 0 aliphatic heterocycles. The third-order valence-corrected chi connectivity index (χ3v) is 6.32. The first-order chi connectivity index (χ1) is 9.15. The maximum atomic E-state index is 11.9. The van der Waals surface area contributed by atoms with E-state index in [2.05, 4.69) is 20.9 Å². The van der Waals surface area contributed by atoms with E-state index in [1.165, 1.54) is 6.26 Å². The van der Waals surface area contributed by atoms with Crippen molar-refractivity contribution in [2.45, 2.75) is 31.0 Å². The van der Waals surface area contributed by atoms with Gasteiger partial charge in [0.15, 0.2) is 9.84 Å². The molecule has 1 heterocycles. The van der Waals surface area contributed by atoms with Crippen molar-refractivity contribution in [3.63, 3.8) is 0 Å². The SMILES string of the molecule is CC(C)(Cn1c(CCl)nc2cc(Br)ccc21)S(C)(=O)=O. The van der Waals surface area contributed by atoms with Crippen LogP contribution in [-0.2, 0) is 22.3 Å². The molecule has 1 aromatic carbocycles. The zero-order valence-electron chi connectivity index (χ0n) is 11.5. The Morgan fingerprint density at radius 3 is 2.60 bits per heavy atom. The highest BCUT2D eigenvalue weighted by Gasteiger charge is 2.32. The second-order valence-corrected chi connectivity index (χ2v) is 9.25. The Hall–Kier alpha value is -0.590. The Balaban J connectivity index is 2.59. The highest BCUT2D eigenvalue weighted by Crippen LogP contribution is 2.26. The molecule has 0 aliphatic rings. The van der Waals surface area contributed by atoms with Gasteiger partial charge >= 0.3 is 0 Å². The summed E-state index contributed by atoms with van der Waals surface area (Å²) in [6, 6.07) is 5.72. The van der Waals surface area contributed by atoms with Crippen LogP contribution in [0.5, 0.6) is 0 Å². The maximum absolute atomic E-state index is 11.9. The van der Waals surface area contributed by atoms with E-state index in [0.717, 1.165) is 15.5 Å². The third kappa shape index (κ3) is 2.87. The lowest BCUT2D eigenvalue weighted by molar-refractivity contribution is 0.503. The molecule has 0 amide bonds. The van der Waals surface area contributed by atoms with Crippen molar-refractivity contribution in [1.29, 1.82) is 0 Å². The third-order valence-electron chi connectivity index (χ3n) is 3.45. The van der Waals surface area contributed by atoms with Crippen LogP contribution in [0.4, 0.5) is 0 Å². The fourth-order valence-electron chi connectivity index (χ4n) is 1.93. The van der Waals surface area contributed by atoms with Gasteiger partial charge in [-0.15, -0.1) is 11.6 Å². The van der Waals surface area contributed by atoms with Crippen LogP contribution in [0.1, 0.15) is 19.7 Å². The molecule has 0 fully saturated rings. The van der Waals surface area contributed by atoms with E-state index in [1.807, 2.05) is 22.8 Å². The van der Waals surface area contributed by atoms with E-state index in [9.17, 15) is 8.42 Å². The molecule has 0 radical (unpaired) electrons. The lowest BCUT2D eigenvalue weighted by Gasteiger charge is -2.24. The second-order valence-electron chi connectivity index (χ2n) is 5.41. The quantitative estimate of drug-likeness (QED) is 0.765. The van der Waals surface area contributed by atoms with Crippen LogP contribution in [-0.4, -0.2) is 29.0 Å². The Morgan fingerprint density at radius 2 is 2.05 bits per heavy atom. The minimum absolute atomic E-state index is 0.242. The van der Waals surface area contributed by atoms with Crippen molar-refractivity contribution in [3.8, 4) is 0 Å². The number of hydrogen-bond acceptors (Lipinski definition) is 3. The van der Waals surface area contributed by atoms with Gasteiger partial charge in [-0.2, -0.15) is 0 Å². The van der Waals surface area contributed by atoms with Gasteiger partial charge in [-0.05, 0) is 32.0 Å². The average Bonchev–Trinajstić information content (AvgIpc) is 2.64. The van der Waals surface area contributed by atoms with Crippen LogP contribution in [0, 0.1) is 0 Å². The number of hydrogen-bond donors (Lipinski definition) is 0. The zero-order chi connectivity index (χ0) is 15.1. The Morgan fingerprint density at radius 1 is 1.40 bits per heavy atom. The van der Waals surface area contributed by atoms with E-state index in [-0.39, 0.29) is 5.88 Å². The lowest BCUT2D eigenvalue weighted by atomic mass is 10.2. The predicted octanol–water partition coefficient (Wildman–Crippen LogP) is 3.36. The molecule has 0 atom stereocenters. The van der Waals surface area contributed by atoms with E-state index < -0.39 is 14.6 Å². The number of fused-ring (bicyclic) bond motifs is 1. The van der Waals surface area contributed by atoms with Crippen molar-refractivity contribution in [1.82, 2.24) is 9.55 Å². The van der Waals surface area contributed by atoms with Crippen LogP contribution in [0.15, 0.2) is 22.7 Å². The second kappa shape index (κ2) is 5.31. The molecule has 2 rings (SSSR count). The summed E-state index contributed by atoms with van der Waals surface area (Å²) in [6.07, 6.45) is 1.25. The van der Waals surface area contributed by atoms with Gasteiger partial charge in [0.1, 0.15) is 5.82 Å². The van der Waals surface area contributed by atoms with Gasteiger partial charge in [-0.25, -0.2) is 13.4 Å². The first-order valence-corrected chi connectivity index (χ1v) is 9.28. The summed E-state index contributed by atoms with van der Waals surface area (Å²) in [6.45, 7) is 3.75. The summed E-state index contributed by atoms with van der Waals surface area (Å²) in [5.41, 5.74) is 1.69. The summed E-state index contributed by atoms with van der Waals surface area (Å²) in [4.78, 5) is 4.46. The largest absolute Gasteiger partial charge is 0.325 e. The first-order valence-electron chi connectivity index (χ1n) is 6.06. The minimum Gasteiger partial charge on any atom is -0.325 e. The fourth-order valence-corrected chi connectivity index (χ4v) is 2.85. The molecule has 0 unspecified atom stereocenters. The van der Waals surface area contributed by atoms with Crippen LogP contribution < -0.4 is 0 Å². The molecule has 0 saturated heterocycles. The van der Waals surface area contributed by atoms with Crippen molar-refractivity contribution in [2.75, 3.05) is 6.26 Å². The minimum atomic E-state index is -3.18. The Kier molecular flexibility index (Phi) is 4.19. The summed E-state index contributed by atoms with van der Waals surface area (Å²) in [5, 5.41) is 0. The van der Waals surface area contributed by atoms with Crippen LogP contribution >= 0.6 is 27.5 Å². The number of nitrogens with zero attached hydrogens (tertiary/aromatic N) is 2. The molecule has 110 valence electrons. The number of halogens is 2. The lowest BCUT2D eigenvalue weighted by Crippen LogP contribution is -2.36. The molecule has 0 spiro atoms. The van der Waals surface area contributed by atoms with Gasteiger partial charge < -0.3 is 4.57 Å². The number of imidazole rings is 1. The van der Waals surface area contributed by atoms with E-state index in [1.54, 1.807) is 13.8 Å². The molecule has 1 aromatic heterocycles. The number of aromatic nitrogens is 2. The number of rotatable bonds is 4. The van der Waals surface area contributed by atoms with Crippen LogP contribution in [0.3, 0.4) is 0 Å². The van der Waals surface area contributed by atoms with Gasteiger partial charge in [0.05, 0.1) is 21.7 Å². The molecular weight excluding hydrogens is 364 g/mol. The predicted molar refractivity (Wildman–Crippen MR) is 85.9 cm³/mol. The van der Waals surface area contributed by atoms with E-state index >= 15 is 0 Å². The van der Waals surface area contributed by atoms with Gasteiger partial charge in [0.2, 0.25) is 0 Å². The molecule has 20 heavy (non-hydrogen) atoms. The highest BCUT2D eigenvalue weighted by atomic mass is 79.9. The van der Waals surface area contributed by atoms with E-state index in [4.69, 9.17) is 11.6 Å². The van der Waals surface area contributed by atoms with Gasteiger partial charge in [0, 0.05) is 17.3 Å². The Bertz CT molecular complexity index is 753.